The molecule has 128 valence electrons. The number of benzene rings is 1. The number of nitrogens with zero attached hydrogens (tertiary/aromatic N) is 1. The van der Waals surface area contributed by atoms with Crippen LogP contribution in [0.15, 0.2) is 12.1 Å². The van der Waals surface area contributed by atoms with Crippen LogP contribution in [-0.4, -0.2) is 26.2 Å². The van der Waals surface area contributed by atoms with Crippen LogP contribution in [0, 0.1) is 0 Å². The van der Waals surface area contributed by atoms with Crippen LogP contribution < -0.4 is 10.2 Å². The van der Waals surface area contributed by atoms with Gasteiger partial charge < -0.3 is 10.2 Å². The summed E-state index contributed by atoms with van der Waals surface area (Å²) in [5.74, 6) is 0.362. The van der Waals surface area contributed by atoms with Gasteiger partial charge >= 0.3 is 6.18 Å². The van der Waals surface area contributed by atoms with E-state index in [0.29, 0.717) is 5.69 Å². The Hall–Kier alpha value is -1.23. The Balaban J connectivity index is 2.17. The van der Waals surface area contributed by atoms with Crippen LogP contribution in [0.4, 0.5) is 18.9 Å². The molecule has 0 saturated carbocycles. The van der Waals surface area contributed by atoms with Crippen LogP contribution >= 0.6 is 0 Å². The van der Waals surface area contributed by atoms with E-state index in [-0.39, 0.29) is 17.9 Å². The first-order chi connectivity index (χ1) is 10.9. The molecule has 0 amide bonds. The number of alkyl halides is 3. The SMILES string of the molecule is CCC(CC)c1cc2c(c(C(F)(F)F)c1)N(C)[C@@H]1CCNC[C@H]21. The fourth-order valence-corrected chi connectivity index (χ4v) is 4.36. The van der Waals surface area contributed by atoms with Gasteiger partial charge in [0.25, 0.3) is 0 Å². The van der Waals surface area contributed by atoms with Crippen LogP contribution in [0.2, 0.25) is 0 Å². The van der Waals surface area contributed by atoms with Gasteiger partial charge in [0.15, 0.2) is 0 Å². The summed E-state index contributed by atoms with van der Waals surface area (Å²) in [5.41, 5.74) is 1.70. The summed E-state index contributed by atoms with van der Waals surface area (Å²) < 4.78 is 41.1. The quantitative estimate of drug-likeness (QED) is 0.879. The molecule has 0 bridgehead atoms. The highest BCUT2D eigenvalue weighted by molar-refractivity contribution is 5.68. The number of hydrogen-bond acceptors (Lipinski definition) is 2. The molecule has 0 radical (unpaired) electrons. The molecule has 1 saturated heterocycles. The monoisotopic (exact) mass is 326 g/mol. The zero-order valence-electron chi connectivity index (χ0n) is 14.0. The maximum absolute atomic E-state index is 13.7. The van der Waals surface area contributed by atoms with Crippen molar-refractivity contribution in [2.75, 3.05) is 25.0 Å². The second kappa shape index (κ2) is 6.00. The van der Waals surface area contributed by atoms with Crippen molar-refractivity contribution in [1.82, 2.24) is 5.32 Å². The number of halogens is 3. The number of likely N-dealkylation sites (N-methyl/N-ethyl adjacent to an activating group) is 1. The molecule has 2 nitrogen and oxygen atoms in total. The number of nitrogens with one attached hydrogen (secondary N) is 1. The third kappa shape index (κ3) is 2.73. The molecular weight excluding hydrogens is 301 g/mol. The Morgan fingerprint density at radius 1 is 1.26 bits per heavy atom. The zero-order valence-corrected chi connectivity index (χ0v) is 14.0. The van der Waals surface area contributed by atoms with Gasteiger partial charge in [0.1, 0.15) is 0 Å². The van der Waals surface area contributed by atoms with E-state index in [1.165, 1.54) is 6.07 Å². The van der Waals surface area contributed by atoms with E-state index in [2.05, 4.69) is 11.4 Å². The molecule has 1 fully saturated rings. The molecule has 2 heterocycles. The first kappa shape index (κ1) is 16.6. The maximum Gasteiger partial charge on any atom is 0.418 e. The van der Waals surface area contributed by atoms with Crippen molar-refractivity contribution in [2.45, 2.75) is 57.2 Å². The average Bonchev–Trinajstić information content (AvgIpc) is 2.81. The van der Waals surface area contributed by atoms with Gasteiger partial charge in [-0.3, -0.25) is 0 Å². The number of anilines is 1. The fraction of sp³-hybridized carbons (Fsp3) is 0.667. The number of rotatable bonds is 3. The topological polar surface area (TPSA) is 15.3 Å². The van der Waals surface area contributed by atoms with Gasteiger partial charge in [-0.25, -0.2) is 0 Å². The highest BCUT2D eigenvalue weighted by Gasteiger charge is 2.45. The Labute approximate surface area is 136 Å². The van der Waals surface area contributed by atoms with Crippen LogP contribution in [-0.2, 0) is 6.18 Å². The van der Waals surface area contributed by atoms with E-state index >= 15 is 0 Å². The molecule has 1 aromatic carbocycles. The lowest BCUT2D eigenvalue weighted by molar-refractivity contribution is -0.137. The summed E-state index contributed by atoms with van der Waals surface area (Å²) in [7, 11) is 1.82. The van der Waals surface area contributed by atoms with Crippen molar-refractivity contribution < 1.29 is 13.2 Å². The lowest BCUT2D eigenvalue weighted by atomic mass is 9.85. The van der Waals surface area contributed by atoms with Gasteiger partial charge in [-0.1, -0.05) is 19.9 Å². The highest BCUT2D eigenvalue weighted by Crippen LogP contribution is 2.50. The van der Waals surface area contributed by atoms with Crippen LogP contribution in [0.25, 0.3) is 0 Å². The molecule has 2 aliphatic heterocycles. The van der Waals surface area contributed by atoms with E-state index in [0.717, 1.165) is 43.5 Å². The van der Waals surface area contributed by atoms with Crippen molar-refractivity contribution >= 4 is 5.69 Å². The van der Waals surface area contributed by atoms with Crippen molar-refractivity contribution in [3.05, 3.63) is 28.8 Å². The minimum atomic E-state index is -4.30. The second-order valence-electron chi connectivity index (χ2n) is 6.80. The van der Waals surface area contributed by atoms with Gasteiger partial charge in [0, 0.05) is 25.6 Å². The van der Waals surface area contributed by atoms with Crippen molar-refractivity contribution in [3.63, 3.8) is 0 Å². The molecule has 3 rings (SSSR count). The molecule has 0 unspecified atom stereocenters. The first-order valence-electron chi connectivity index (χ1n) is 8.57. The van der Waals surface area contributed by atoms with E-state index < -0.39 is 11.7 Å². The fourth-order valence-electron chi connectivity index (χ4n) is 4.36. The van der Waals surface area contributed by atoms with Crippen molar-refractivity contribution in [1.29, 1.82) is 0 Å². The summed E-state index contributed by atoms with van der Waals surface area (Å²) in [6.45, 7) is 5.74. The molecule has 2 aliphatic rings. The van der Waals surface area contributed by atoms with Crippen LogP contribution in [0.1, 0.15) is 61.6 Å². The average molecular weight is 326 g/mol. The molecule has 5 heteroatoms. The Kier molecular flexibility index (Phi) is 4.34. The normalized spacial score (nSPS) is 24.0. The Morgan fingerprint density at radius 2 is 1.96 bits per heavy atom. The molecule has 0 spiro atoms. The predicted molar refractivity (Wildman–Crippen MR) is 87.2 cm³/mol. The molecule has 23 heavy (non-hydrogen) atoms. The van der Waals surface area contributed by atoms with Gasteiger partial charge in [-0.15, -0.1) is 0 Å². The minimum absolute atomic E-state index is 0.166. The lowest BCUT2D eigenvalue weighted by Gasteiger charge is -2.31. The van der Waals surface area contributed by atoms with E-state index in [9.17, 15) is 13.2 Å². The highest BCUT2D eigenvalue weighted by atomic mass is 19.4. The minimum Gasteiger partial charge on any atom is -0.370 e. The van der Waals surface area contributed by atoms with Gasteiger partial charge in [-0.05, 0) is 48.9 Å². The molecule has 0 aromatic heterocycles. The van der Waals surface area contributed by atoms with E-state index in [4.69, 9.17) is 0 Å². The van der Waals surface area contributed by atoms with Crippen LogP contribution in [0.5, 0.6) is 0 Å². The lowest BCUT2D eigenvalue weighted by Crippen LogP contribution is -2.42. The van der Waals surface area contributed by atoms with Crippen molar-refractivity contribution in [3.8, 4) is 0 Å². The van der Waals surface area contributed by atoms with E-state index in [1.54, 1.807) is 0 Å². The molecule has 0 aliphatic carbocycles. The molecular formula is C18H25F3N2. The Bertz CT molecular complexity index is 578. The smallest absolute Gasteiger partial charge is 0.370 e. The maximum atomic E-state index is 13.7. The number of piperidine rings is 1. The van der Waals surface area contributed by atoms with Gasteiger partial charge in [-0.2, -0.15) is 13.2 Å². The third-order valence-corrected chi connectivity index (χ3v) is 5.62. The predicted octanol–water partition coefficient (Wildman–Crippen LogP) is 4.50. The number of hydrogen-bond donors (Lipinski definition) is 1. The third-order valence-electron chi connectivity index (χ3n) is 5.62. The summed E-state index contributed by atoms with van der Waals surface area (Å²) in [5, 5.41) is 3.34. The zero-order chi connectivity index (χ0) is 16.8. The molecule has 1 aromatic rings. The first-order valence-corrected chi connectivity index (χ1v) is 8.57. The number of fused-ring (bicyclic) bond motifs is 3. The standard InChI is InChI=1S/C18H25F3N2/c1-4-11(5-2)12-8-13-14-10-22-7-6-16(14)23(3)17(13)15(9-12)18(19,20)21/h8-9,11,14,16,22H,4-7,10H2,1-3H3/t14-,16-/m1/s1. The van der Waals surface area contributed by atoms with Crippen molar-refractivity contribution in [2.24, 2.45) is 0 Å². The van der Waals surface area contributed by atoms with Gasteiger partial charge in [0.05, 0.1) is 11.3 Å². The molecule has 2 atom stereocenters. The van der Waals surface area contributed by atoms with Gasteiger partial charge in [0.2, 0.25) is 0 Å². The van der Waals surface area contributed by atoms with E-state index in [1.807, 2.05) is 25.8 Å². The van der Waals surface area contributed by atoms with Crippen LogP contribution in [0.3, 0.4) is 0 Å². The summed E-state index contributed by atoms with van der Waals surface area (Å²) in [4.78, 5) is 1.88. The summed E-state index contributed by atoms with van der Waals surface area (Å²) >= 11 is 0. The Morgan fingerprint density at radius 3 is 2.57 bits per heavy atom. The summed E-state index contributed by atoms with van der Waals surface area (Å²) in [6, 6.07) is 3.64. The second-order valence-corrected chi connectivity index (χ2v) is 6.80. The molecule has 1 N–H and O–H groups in total. The summed E-state index contributed by atoms with van der Waals surface area (Å²) in [6.07, 6.45) is -1.67. The largest absolute Gasteiger partial charge is 0.418 e.